The molecule has 0 bridgehead atoms. The van der Waals surface area contributed by atoms with Crippen LogP contribution in [0, 0.1) is 18.3 Å². The van der Waals surface area contributed by atoms with E-state index in [1.165, 1.54) is 0 Å². The van der Waals surface area contributed by atoms with E-state index in [4.69, 9.17) is 15.1 Å². The smallest absolute Gasteiger partial charge is 0.344 e. The Bertz CT molecular complexity index is 463. The highest BCUT2D eigenvalue weighted by molar-refractivity contribution is 5.72. The van der Waals surface area contributed by atoms with Gasteiger partial charge in [0.15, 0.2) is 6.10 Å². The first kappa shape index (κ1) is 14.0. The number of nitriles is 1. The minimum atomic E-state index is -0.967. The van der Waals surface area contributed by atoms with Gasteiger partial charge in [0.25, 0.3) is 0 Å². The number of hydrogen-bond donors (Lipinski definition) is 1. The highest BCUT2D eigenvalue weighted by Gasteiger charge is 2.19. The minimum absolute atomic E-state index is 0.468. The molecular formula is C14H17NO3. The standard InChI is InChI=1S/C14H17NO3/c1-3-4-5-12(14(16)17)18-13-8-11(9-15)7-6-10(13)2/h6-8,12H,3-5H2,1-2H3,(H,16,17). The molecule has 96 valence electrons. The lowest BCUT2D eigenvalue weighted by Crippen LogP contribution is -2.27. The average Bonchev–Trinajstić information content (AvgIpc) is 2.36. The van der Waals surface area contributed by atoms with Crippen molar-refractivity contribution in [3.8, 4) is 11.8 Å². The number of benzene rings is 1. The van der Waals surface area contributed by atoms with Crippen LogP contribution in [-0.4, -0.2) is 17.2 Å². The second-order valence-corrected chi connectivity index (χ2v) is 4.18. The summed E-state index contributed by atoms with van der Waals surface area (Å²) in [7, 11) is 0. The summed E-state index contributed by atoms with van der Waals surface area (Å²) in [4.78, 5) is 11.1. The quantitative estimate of drug-likeness (QED) is 0.839. The Kier molecular flexibility index (Phi) is 5.19. The molecule has 1 rings (SSSR count). The lowest BCUT2D eigenvalue weighted by Gasteiger charge is -2.16. The number of nitrogens with zero attached hydrogens (tertiary/aromatic N) is 1. The molecule has 4 nitrogen and oxygen atoms in total. The molecule has 0 aliphatic rings. The lowest BCUT2D eigenvalue weighted by molar-refractivity contribution is -0.145. The molecule has 1 aromatic carbocycles. The number of carbonyl (C=O) groups is 1. The van der Waals surface area contributed by atoms with Gasteiger partial charge in [-0.25, -0.2) is 4.79 Å². The van der Waals surface area contributed by atoms with Crippen LogP contribution in [-0.2, 0) is 4.79 Å². The summed E-state index contributed by atoms with van der Waals surface area (Å²) in [5, 5.41) is 17.9. The zero-order valence-corrected chi connectivity index (χ0v) is 10.6. The van der Waals surface area contributed by atoms with Crippen LogP contribution in [0.4, 0.5) is 0 Å². The number of aryl methyl sites for hydroxylation is 1. The van der Waals surface area contributed by atoms with Crippen molar-refractivity contribution in [2.24, 2.45) is 0 Å². The van der Waals surface area contributed by atoms with Crippen LogP contribution in [0.25, 0.3) is 0 Å². The van der Waals surface area contributed by atoms with Gasteiger partial charge in [0, 0.05) is 0 Å². The number of aliphatic carboxylic acids is 1. The lowest BCUT2D eigenvalue weighted by atomic mass is 10.1. The second-order valence-electron chi connectivity index (χ2n) is 4.18. The van der Waals surface area contributed by atoms with E-state index >= 15 is 0 Å². The van der Waals surface area contributed by atoms with E-state index in [0.29, 0.717) is 17.7 Å². The van der Waals surface area contributed by atoms with Gasteiger partial charge in [-0.15, -0.1) is 0 Å². The van der Waals surface area contributed by atoms with Gasteiger partial charge >= 0.3 is 5.97 Å². The first-order chi connectivity index (χ1) is 8.58. The van der Waals surface area contributed by atoms with Crippen LogP contribution in [0.5, 0.6) is 5.75 Å². The van der Waals surface area contributed by atoms with Crippen molar-refractivity contribution >= 4 is 5.97 Å². The zero-order chi connectivity index (χ0) is 13.5. The molecule has 4 heteroatoms. The number of unbranched alkanes of at least 4 members (excludes halogenated alkanes) is 1. The summed E-state index contributed by atoms with van der Waals surface area (Å²) in [5.74, 6) is -0.497. The fraction of sp³-hybridized carbons (Fsp3) is 0.429. The SMILES string of the molecule is CCCCC(Oc1cc(C#N)ccc1C)C(=O)O. The van der Waals surface area contributed by atoms with Gasteiger partial charge in [0.2, 0.25) is 0 Å². The van der Waals surface area contributed by atoms with E-state index in [1.807, 2.05) is 19.9 Å². The molecule has 0 aliphatic heterocycles. The van der Waals surface area contributed by atoms with Crippen molar-refractivity contribution < 1.29 is 14.6 Å². The molecule has 0 spiro atoms. The third-order valence-electron chi connectivity index (χ3n) is 2.68. The van der Waals surface area contributed by atoms with Gasteiger partial charge in [-0.2, -0.15) is 5.26 Å². The Morgan fingerprint density at radius 2 is 2.28 bits per heavy atom. The minimum Gasteiger partial charge on any atom is -0.479 e. The maximum Gasteiger partial charge on any atom is 0.344 e. The van der Waals surface area contributed by atoms with Gasteiger partial charge < -0.3 is 9.84 Å². The van der Waals surface area contributed by atoms with Crippen molar-refractivity contribution in [3.63, 3.8) is 0 Å². The number of carboxylic acid groups (broad SMARTS) is 1. The predicted molar refractivity (Wildman–Crippen MR) is 67.5 cm³/mol. The number of rotatable bonds is 6. The third kappa shape index (κ3) is 3.77. The Balaban J connectivity index is 2.86. The molecule has 0 radical (unpaired) electrons. The summed E-state index contributed by atoms with van der Waals surface area (Å²) in [6.07, 6.45) is 1.35. The first-order valence-electron chi connectivity index (χ1n) is 5.98. The van der Waals surface area contributed by atoms with Crippen LogP contribution in [0.3, 0.4) is 0 Å². The highest BCUT2D eigenvalue weighted by atomic mass is 16.5. The fourth-order valence-electron chi connectivity index (χ4n) is 1.57. The van der Waals surface area contributed by atoms with Gasteiger partial charge in [0.05, 0.1) is 11.6 Å². The maximum atomic E-state index is 11.1. The predicted octanol–water partition coefficient (Wildman–Crippen LogP) is 2.89. The normalized spacial score (nSPS) is 11.6. The molecular weight excluding hydrogens is 230 g/mol. The molecule has 18 heavy (non-hydrogen) atoms. The second kappa shape index (κ2) is 6.65. The van der Waals surface area contributed by atoms with Gasteiger partial charge in [-0.1, -0.05) is 19.4 Å². The molecule has 0 aromatic heterocycles. The van der Waals surface area contributed by atoms with Gasteiger partial charge in [-0.3, -0.25) is 0 Å². The van der Waals surface area contributed by atoms with Gasteiger partial charge in [-0.05, 0) is 37.5 Å². The van der Waals surface area contributed by atoms with Crippen LogP contribution in [0.2, 0.25) is 0 Å². The molecule has 1 unspecified atom stereocenters. The van der Waals surface area contributed by atoms with Crippen LogP contribution in [0.1, 0.15) is 37.3 Å². The fourth-order valence-corrected chi connectivity index (χ4v) is 1.57. The molecule has 0 amide bonds. The largest absolute Gasteiger partial charge is 0.479 e. The number of carboxylic acids is 1. The molecule has 0 aliphatic carbocycles. The molecule has 0 heterocycles. The molecule has 1 atom stereocenters. The van der Waals surface area contributed by atoms with Crippen LogP contribution in [0.15, 0.2) is 18.2 Å². The Labute approximate surface area is 107 Å². The van der Waals surface area contributed by atoms with E-state index in [1.54, 1.807) is 18.2 Å². The summed E-state index contributed by atoms with van der Waals surface area (Å²) in [6, 6.07) is 7.03. The van der Waals surface area contributed by atoms with Crippen LogP contribution < -0.4 is 4.74 Å². The van der Waals surface area contributed by atoms with Crippen LogP contribution >= 0.6 is 0 Å². The summed E-state index contributed by atoms with van der Waals surface area (Å²) >= 11 is 0. The molecule has 1 N–H and O–H groups in total. The van der Waals surface area contributed by atoms with Crippen molar-refractivity contribution in [2.45, 2.75) is 39.2 Å². The molecule has 0 saturated heterocycles. The summed E-state index contributed by atoms with van der Waals surface area (Å²) in [6.45, 7) is 3.83. The number of ether oxygens (including phenoxy) is 1. The topological polar surface area (TPSA) is 70.3 Å². The van der Waals surface area contributed by atoms with Crippen molar-refractivity contribution in [1.29, 1.82) is 5.26 Å². The monoisotopic (exact) mass is 247 g/mol. The Hall–Kier alpha value is -2.02. The zero-order valence-electron chi connectivity index (χ0n) is 10.6. The van der Waals surface area contributed by atoms with Crippen molar-refractivity contribution in [2.75, 3.05) is 0 Å². The average molecular weight is 247 g/mol. The van der Waals surface area contributed by atoms with E-state index in [0.717, 1.165) is 18.4 Å². The third-order valence-corrected chi connectivity index (χ3v) is 2.68. The summed E-state index contributed by atoms with van der Waals surface area (Å²) < 4.78 is 5.50. The number of hydrogen-bond acceptors (Lipinski definition) is 3. The van der Waals surface area contributed by atoms with E-state index in [-0.39, 0.29) is 0 Å². The first-order valence-corrected chi connectivity index (χ1v) is 5.98. The Morgan fingerprint density at radius 3 is 2.83 bits per heavy atom. The van der Waals surface area contributed by atoms with E-state index < -0.39 is 12.1 Å². The summed E-state index contributed by atoms with van der Waals surface area (Å²) in [5.41, 5.74) is 1.30. The highest BCUT2D eigenvalue weighted by Crippen LogP contribution is 2.22. The van der Waals surface area contributed by atoms with Crippen molar-refractivity contribution in [1.82, 2.24) is 0 Å². The molecule has 0 saturated carbocycles. The van der Waals surface area contributed by atoms with Gasteiger partial charge in [0.1, 0.15) is 5.75 Å². The molecule has 0 fully saturated rings. The molecule has 1 aromatic rings. The maximum absolute atomic E-state index is 11.1. The van der Waals surface area contributed by atoms with Crippen molar-refractivity contribution in [3.05, 3.63) is 29.3 Å². The van der Waals surface area contributed by atoms with E-state index in [9.17, 15) is 4.79 Å². The van der Waals surface area contributed by atoms with E-state index in [2.05, 4.69) is 0 Å². The Morgan fingerprint density at radius 1 is 1.56 bits per heavy atom.